The minimum Gasteiger partial charge on any atom is -0.329 e. The molecule has 2 rings (SSSR count). The third-order valence-electron chi connectivity index (χ3n) is 3.06. The summed E-state index contributed by atoms with van der Waals surface area (Å²) in [6, 6.07) is 8.23. The first kappa shape index (κ1) is 10.9. The highest BCUT2D eigenvalue weighted by Crippen LogP contribution is 2.27. The van der Waals surface area contributed by atoms with Crippen molar-refractivity contribution in [3.05, 3.63) is 34.9 Å². The fraction of sp³-hybridized carbons (Fsp3) is 0.500. The lowest BCUT2D eigenvalue weighted by molar-refractivity contribution is 0.344. The van der Waals surface area contributed by atoms with Gasteiger partial charge in [0.2, 0.25) is 0 Å². The third kappa shape index (κ3) is 2.71. The lowest BCUT2D eigenvalue weighted by Crippen LogP contribution is -2.26. The third-order valence-corrected chi connectivity index (χ3v) is 3.31. The maximum absolute atomic E-state index is 5.87. The molecule has 0 radical (unpaired) electrons. The molecule has 82 valence electrons. The van der Waals surface area contributed by atoms with Gasteiger partial charge in [0.05, 0.1) is 0 Å². The molecule has 15 heavy (non-hydrogen) atoms. The average Bonchev–Trinajstić information content (AvgIpc) is 2.68. The van der Waals surface area contributed by atoms with Crippen LogP contribution in [-0.4, -0.2) is 31.1 Å². The second-order valence-corrected chi connectivity index (χ2v) is 4.56. The molecule has 1 aliphatic heterocycles. The first-order chi connectivity index (χ1) is 7.29. The average molecular weight is 225 g/mol. The number of rotatable bonds is 3. The van der Waals surface area contributed by atoms with Crippen molar-refractivity contribution in [2.24, 2.45) is 5.73 Å². The molecule has 1 fully saturated rings. The van der Waals surface area contributed by atoms with E-state index < -0.39 is 0 Å². The molecule has 2 nitrogen and oxygen atoms in total. The van der Waals surface area contributed by atoms with Gasteiger partial charge in [-0.25, -0.2) is 0 Å². The van der Waals surface area contributed by atoms with Crippen LogP contribution >= 0.6 is 11.6 Å². The second kappa shape index (κ2) is 4.97. The zero-order valence-electron chi connectivity index (χ0n) is 8.82. The Labute approximate surface area is 96.0 Å². The van der Waals surface area contributed by atoms with Crippen molar-refractivity contribution in [3.63, 3.8) is 0 Å². The van der Waals surface area contributed by atoms with Crippen LogP contribution < -0.4 is 5.73 Å². The summed E-state index contributed by atoms with van der Waals surface area (Å²) < 4.78 is 0. The van der Waals surface area contributed by atoms with E-state index in [0.29, 0.717) is 5.92 Å². The predicted octanol–water partition coefficient (Wildman–Crippen LogP) is 2.09. The number of halogens is 1. The van der Waals surface area contributed by atoms with Crippen molar-refractivity contribution in [2.45, 2.75) is 12.3 Å². The van der Waals surface area contributed by atoms with Gasteiger partial charge in [-0.2, -0.15) is 0 Å². The van der Waals surface area contributed by atoms with Gasteiger partial charge >= 0.3 is 0 Å². The molecule has 1 aromatic carbocycles. The highest BCUT2D eigenvalue weighted by atomic mass is 35.5. The zero-order valence-corrected chi connectivity index (χ0v) is 9.58. The van der Waals surface area contributed by atoms with Gasteiger partial charge < -0.3 is 10.6 Å². The van der Waals surface area contributed by atoms with E-state index in [1.54, 1.807) is 0 Å². The summed E-state index contributed by atoms with van der Waals surface area (Å²) in [5.41, 5.74) is 6.95. The van der Waals surface area contributed by atoms with E-state index in [9.17, 15) is 0 Å². The van der Waals surface area contributed by atoms with Gasteiger partial charge in [0.25, 0.3) is 0 Å². The van der Waals surface area contributed by atoms with Gasteiger partial charge in [0.1, 0.15) is 0 Å². The van der Waals surface area contributed by atoms with Crippen LogP contribution in [0, 0.1) is 0 Å². The molecule has 0 saturated carbocycles. The molecule has 2 N–H and O–H groups in total. The number of likely N-dealkylation sites (tertiary alicyclic amines) is 1. The quantitative estimate of drug-likeness (QED) is 0.852. The van der Waals surface area contributed by atoms with E-state index in [0.717, 1.165) is 24.7 Å². The van der Waals surface area contributed by atoms with Crippen molar-refractivity contribution in [3.8, 4) is 0 Å². The Bertz CT molecular complexity index is 310. The molecule has 0 aromatic heterocycles. The van der Waals surface area contributed by atoms with Crippen LogP contribution in [-0.2, 0) is 0 Å². The van der Waals surface area contributed by atoms with Gasteiger partial charge in [0.15, 0.2) is 0 Å². The van der Waals surface area contributed by atoms with Crippen LogP contribution in [0.2, 0.25) is 5.02 Å². The molecule has 1 saturated heterocycles. The fourth-order valence-corrected chi connectivity index (χ4v) is 2.35. The smallest absolute Gasteiger partial charge is 0.0406 e. The Morgan fingerprint density at radius 3 is 2.73 bits per heavy atom. The highest BCUT2D eigenvalue weighted by molar-refractivity contribution is 6.30. The standard InChI is InChI=1S/C12H17ClN2/c13-12-3-1-10(2-4-12)11-5-7-15(9-11)8-6-14/h1-4,11H,5-9,14H2. The molecule has 0 aliphatic carbocycles. The summed E-state index contributed by atoms with van der Waals surface area (Å²) >= 11 is 5.87. The first-order valence-electron chi connectivity index (χ1n) is 5.47. The molecule has 1 heterocycles. The van der Waals surface area contributed by atoms with Crippen molar-refractivity contribution < 1.29 is 0 Å². The summed E-state index contributed by atoms with van der Waals surface area (Å²) in [7, 11) is 0. The van der Waals surface area contributed by atoms with E-state index in [2.05, 4.69) is 17.0 Å². The van der Waals surface area contributed by atoms with Crippen molar-refractivity contribution >= 4 is 11.6 Å². The van der Waals surface area contributed by atoms with E-state index in [4.69, 9.17) is 17.3 Å². The lowest BCUT2D eigenvalue weighted by atomic mass is 9.99. The topological polar surface area (TPSA) is 29.3 Å². The summed E-state index contributed by atoms with van der Waals surface area (Å²) in [5.74, 6) is 0.661. The van der Waals surface area contributed by atoms with Gasteiger partial charge in [-0.05, 0) is 36.6 Å². The molecule has 1 atom stereocenters. The van der Waals surface area contributed by atoms with Gasteiger partial charge in [0, 0.05) is 24.7 Å². The Kier molecular flexibility index (Phi) is 3.62. The van der Waals surface area contributed by atoms with E-state index in [-0.39, 0.29) is 0 Å². The minimum absolute atomic E-state index is 0.661. The van der Waals surface area contributed by atoms with Crippen LogP contribution in [0.1, 0.15) is 17.9 Å². The molecule has 0 amide bonds. The fourth-order valence-electron chi connectivity index (χ4n) is 2.23. The number of nitrogens with two attached hydrogens (primary N) is 1. The van der Waals surface area contributed by atoms with Crippen molar-refractivity contribution in [1.29, 1.82) is 0 Å². The monoisotopic (exact) mass is 224 g/mol. The maximum atomic E-state index is 5.87. The largest absolute Gasteiger partial charge is 0.329 e. The Balaban J connectivity index is 1.98. The Morgan fingerprint density at radius 1 is 1.33 bits per heavy atom. The summed E-state index contributed by atoms with van der Waals surface area (Å²) in [6.07, 6.45) is 1.24. The van der Waals surface area contributed by atoms with Gasteiger partial charge in [-0.15, -0.1) is 0 Å². The van der Waals surface area contributed by atoms with Crippen LogP contribution in [0.5, 0.6) is 0 Å². The molecule has 0 bridgehead atoms. The Morgan fingerprint density at radius 2 is 2.07 bits per heavy atom. The molecule has 1 aliphatic rings. The zero-order chi connectivity index (χ0) is 10.7. The SMILES string of the molecule is NCCN1CCC(c2ccc(Cl)cc2)C1. The molecular weight excluding hydrogens is 208 g/mol. The van der Waals surface area contributed by atoms with Gasteiger partial charge in [-0.3, -0.25) is 0 Å². The molecule has 3 heteroatoms. The highest BCUT2D eigenvalue weighted by Gasteiger charge is 2.22. The predicted molar refractivity (Wildman–Crippen MR) is 64.3 cm³/mol. The second-order valence-electron chi connectivity index (χ2n) is 4.13. The first-order valence-corrected chi connectivity index (χ1v) is 5.85. The van der Waals surface area contributed by atoms with Crippen molar-refractivity contribution in [2.75, 3.05) is 26.2 Å². The van der Waals surface area contributed by atoms with E-state index in [1.807, 2.05) is 12.1 Å². The van der Waals surface area contributed by atoms with Gasteiger partial charge in [-0.1, -0.05) is 23.7 Å². The van der Waals surface area contributed by atoms with Crippen molar-refractivity contribution in [1.82, 2.24) is 4.90 Å². The molecule has 1 unspecified atom stereocenters. The molecular formula is C12H17ClN2. The van der Waals surface area contributed by atoms with E-state index >= 15 is 0 Å². The summed E-state index contributed by atoms with van der Waals surface area (Å²) in [4.78, 5) is 2.43. The Hall–Kier alpha value is -0.570. The molecule has 0 spiro atoms. The minimum atomic E-state index is 0.661. The van der Waals surface area contributed by atoms with Crippen LogP contribution in [0.3, 0.4) is 0 Å². The maximum Gasteiger partial charge on any atom is 0.0406 e. The van der Waals surface area contributed by atoms with E-state index in [1.165, 1.54) is 18.5 Å². The number of hydrogen-bond acceptors (Lipinski definition) is 2. The lowest BCUT2D eigenvalue weighted by Gasteiger charge is -2.14. The van der Waals surface area contributed by atoms with Crippen LogP contribution in [0.4, 0.5) is 0 Å². The number of nitrogens with zero attached hydrogens (tertiary/aromatic N) is 1. The number of hydrogen-bond donors (Lipinski definition) is 1. The van der Waals surface area contributed by atoms with Crippen LogP contribution in [0.25, 0.3) is 0 Å². The summed E-state index contributed by atoms with van der Waals surface area (Å²) in [6.45, 7) is 4.08. The summed E-state index contributed by atoms with van der Waals surface area (Å²) in [5, 5.41) is 0.815. The van der Waals surface area contributed by atoms with Crippen LogP contribution in [0.15, 0.2) is 24.3 Å². The molecule has 1 aromatic rings. The normalized spacial score (nSPS) is 22.1. The number of benzene rings is 1.